The summed E-state index contributed by atoms with van der Waals surface area (Å²) >= 11 is 0. The molecule has 1 fully saturated rings. The summed E-state index contributed by atoms with van der Waals surface area (Å²) in [7, 11) is 0. The van der Waals surface area contributed by atoms with Crippen LogP contribution in [0.2, 0.25) is 0 Å². The van der Waals surface area contributed by atoms with Gasteiger partial charge < -0.3 is 10.4 Å². The minimum Gasteiger partial charge on any atom is -0.390 e. The Bertz CT molecular complexity index is 205. The molecule has 2 nitrogen and oxygen atoms in total. The van der Waals surface area contributed by atoms with E-state index in [9.17, 15) is 5.11 Å². The van der Waals surface area contributed by atoms with E-state index in [1.165, 1.54) is 32.1 Å². The topological polar surface area (TPSA) is 32.3 Å². The molecule has 1 rings (SSSR count). The Morgan fingerprint density at radius 2 is 1.82 bits per heavy atom. The predicted molar refractivity (Wildman–Crippen MR) is 74.1 cm³/mol. The lowest BCUT2D eigenvalue weighted by Crippen LogP contribution is -2.40. The average molecular weight is 241 g/mol. The molecule has 0 aromatic heterocycles. The Labute approximate surface area is 107 Å². The predicted octanol–water partition coefficient (Wildman–Crippen LogP) is 3.34. The zero-order valence-electron chi connectivity index (χ0n) is 12.1. The van der Waals surface area contributed by atoms with Crippen LogP contribution in [0.1, 0.15) is 66.2 Å². The number of aliphatic hydroxyl groups is 1. The summed E-state index contributed by atoms with van der Waals surface area (Å²) in [5.74, 6) is 1.43. The van der Waals surface area contributed by atoms with Gasteiger partial charge in [0.15, 0.2) is 0 Å². The number of nitrogens with one attached hydrogen (secondary N) is 1. The van der Waals surface area contributed by atoms with Crippen LogP contribution in [0.3, 0.4) is 0 Å². The fourth-order valence-electron chi connectivity index (χ4n) is 3.01. The van der Waals surface area contributed by atoms with Gasteiger partial charge in [0.25, 0.3) is 0 Å². The van der Waals surface area contributed by atoms with Gasteiger partial charge in [-0.15, -0.1) is 0 Å². The minimum absolute atomic E-state index is 0.472. The smallest absolute Gasteiger partial charge is 0.0659 e. The number of hydrogen-bond acceptors (Lipinski definition) is 2. The lowest BCUT2D eigenvalue weighted by molar-refractivity contribution is -0.0290. The van der Waals surface area contributed by atoms with Crippen LogP contribution in [0.25, 0.3) is 0 Å². The first-order chi connectivity index (χ1) is 7.95. The summed E-state index contributed by atoms with van der Waals surface area (Å²) in [6, 6.07) is 0.515. The third-order valence-corrected chi connectivity index (χ3v) is 4.49. The Morgan fingerprint density at radius 3 is 2.29 bits per heavy atom. The third-order valence-electron chi connectivity index (χ3n) is 4.49. The average Bonchev–Trinajstić information content (AvgIpc) is 2.28. The largest absolute Gasteiger partial charge is 0.390 e. The maximum absolute atomic E-state index is 10.6. The molecular formula is C15H31NO. The molecule has 0 heterocycles. The first-order valence-corrected chi connectivity index (χ1v) is 7.41. The molecular weight excluding hydrogens is 210 g/mol. The summed E-state index contributed by atoms with van der Waals surface area (Å²) < 4.78 is 0. The van der Waals surface area contributed by atoms with Gasteiger partial charge in [0.2, 0.25) is 0 Å². The van der Waals surface area contributed by atoms with Crippen LogP contribution in [0.4, 0.5) is 0 Å². The Morgan fingerprint density at radius 1 is 1.24 bits per heavy atom. The zero-order valence-corrected chi connectivity index (χ0v) is 12.1. The lowest BCUT2D eigenvalue weighted by atomic mass is 9.72. The second-order valence-electron chi connectivity index (χ2n) is 6.34. The van der Waals surface area contributed by atoms with Crippen LogP contribution < -0.4 is 5.32 Å². The third kappa shape index (κ3) is 4.97. The molecule has 2 N–H and O–H groups in total. The van der Waals surface area contributed by atoms with E-state index in [1.807, 2.05) is 6.92 Å². The first-order valence-electron chi connectivity index (χ1n) is 7.41. The molecule has 0 bridgehead atoms. The van der Waals surface area contributed by atoms with Gasteiger partial charge in [-0.1, -0.05) is 40.0 Å². The monoisotopic (exact) mass is 241 g/mol. The Kier molecular flexibility index (Phi) is 5.94. The highest BCUT2D eigenvalue weighted by atomic mass is 16.3. The quantitative estimate of drug-likeness (QED) is 0.747. The second kappa shape index (κ2) is 6.75. The highest BCUT2D eigenvalue weighted by Crippen LogP contribution is 2.37. The van der Waals surface area contributed by atoms with Crippen molar-refractivity contribution in [2.45, 2.75) is 77.9 Å². The van der Waals surface area contributed by atoms with Crippen molar-refractivity contribution in [3.05, 3.63) is 0 Å². The molecule has 0 aromatic carbocycles. The fourth-order valence-corrected chi connectivity index (χ4v) is 3.01. The molecule has 1 atom stereocenters. The van der Waals surface area contributed by atoms with E-state index in [1.54, 1.807) is 0 Å². The summed E-state index contributed by atoms with van der Waals surface area (Å²) in [6.45, 7) is 9.56. The molecule has 0 saturated heterocycles. The second-order valence-corrected chi connectivity index (χ2v) is 6.34. The van der Waals surface area contributed by atoms with Crippen molar-refractivity contribution < 1.29 is 5.11 Å². The van der Waals surface area contributed by atoms with E-state index in [-0.39, 0.29) is 0 Å². The van der Waals surface area contributed by atoms with Crippen LogP contribution in [-0.4, -0.2) is 23.3 Å². The van der Waals surface area contributed by atoms with E-state index in [4.69, 9.17) is 0 Å². The van der Waals surface area contributed by atoms with Crippen LogP contribution in [-0.2, 0) is 0 Å². The Balaban J connectivity index is 2.32. The normalized spacial score (nSPS) is 29.3. The van der Waals surface area contributed by atoms with Gasteiger partial charge in [-0.2, -0.15) is 0 Å². The SMILES string of the molecule is CCC1CCC(C(C)(O)CCNC(C)C)CC1. The van der Waals surface area contributed by atoms with E-state index in [0.717, 1.165) is 18.9 Å². The molecule has 17 heavy (non-hydrogen) atoms. The summed E-state index contributed by atoms with van der Waals surface area (Å²) in [5.41, 5.74) is -0.472. The van der Waals surface area contributed by atoms with Crippen molar-refractivity contribution in [1.29, 1.82) is 0 Å². The molecule has 1 aliphatic rings. The molecule has 0 aliphatic heterocycles. The van der Waals surface area contributed by atoms with Gasteiger partial charge in [0, 0.05) is 6.04 Å². The standard InChI is InChI=1S/C15H31NO/c1-5-13-6-8-14(9-7-13)15(4,17)10-11-16-12(2)3/h12-14,16-17H,5-11H2,1-4H3. The summed E-state index contributed by atoms with van der Waals surface area (Å²) in [6.07, 6.45) is 7.25. The van der Waals surface area contributed by atoms with Crippen LogP contribution in [0, 0.1) is 11.8 Å². The maximum atomic E-state index is 10.6. The molecule has 0 amide bonds. The van der Waals surface area contributed by atoms with Gasteiger partial charge in [-0.05, 0) is 44.6 Å². The van der Waals surface area contributed by atoms with Crippen LogP contribution in [0.15, 0.2) is 0 Å². The van der Waals surface area contributed by atoms with E-state index < -0.39 is 5.60 Å². The molecule has 1 unspecified atom stereocenters. The van der Waals surface area contributed by atoms with Gasteiger partial charge >= 0.3 is 0 Å². The summed E-state index contributed by atoms with van der Waals surface area (Å²) in [5, 5.41) is 14.0. The Hall–Kier alpha value is -0.0800. The van der Waals surface area contributed by atoms with E-state index in [2.05, 4.69) is 26.1 Å². The molecule has 0 spiro atoms. The highest BCUT2D eigenvalue weighted by molar-refractivity contribution is 4.86. The van der Waals surface area contributed by atoms with Crippen molar-refractivity contribution >= 4 is 0 Å². The molecule has 2 heteroatoms. The molecule has 102 valence electrons. The lowest BCUT2D eigenvalue weighted by Gasteiger charge is -2.38. The van der Waals surface area contributed by atoms with Crippen molar-refractivity contribution in [3.63, 3.8) is 0 Å². The zero-order chi connectivity index (χ0) is 12.9. The molecule has 0 aromatic rings. The summed E-state index contributed by atoms with van der Waals surface area (Å²) in [4.78, 5) is 0. The number of hydrogen-bond donors (Lipinski definition) is 2. The fraction of sp³-hybridized carbons (Fsp3) is 1.00. The molecule has 0 radical (unpaired) electrons. The van der Waals surface area contributed by atoms with Crippen LogP contribution in [0.5, 0.6) is 0 Å². The van der Waals surface area contributed by atoms with Crippen molar-refractivity contribution in [1.82, 2.24) is 5.32 Å². The van der Waals surface area contributed by atoms with Crippen molar-refractivity contribution in [3.8, 4) is 0 Å². The first kappa shape index (κ1) is 15.0. The van der Waals surface area contributed by atoms with E-state index in [0.29, 0.717) is 12.0 Å². The highest BCUT2D eigenvalue weighted by Gasteiger charge is 2.34. The molecule has 1 aliphatic carbocycles. The molecule has 1 saturated carbocycles. The maximum Gasteiger partial charge on any atom is 0.0659 e. The van der Waals surface area contributed by atoms with Gasteiger partial charge in [0.1, 0.15) is 0 Å². The van der Waals surface area contributed by atoms with Crippen molar-refractivity contribution in [2.75, 3.05) is 6.54 Å². The van der Waals surface area contributed by atoms with Gasteiger partial charge in [-0.25, -0.2) is 0 Å². The van der Waals surface area contributed by atoms with Crippen molar-refractivity contribution in [2.24, 2.45) is 11.8 Å². The van der Waals surface area contributed by atoms with E-state index >= 15 is 0 Å². The minimum atomic E-state index is -0.472. The number of rotatable bonds is 6. The van der Waals surface area contributed by atoms with Crippen LogP contribution >= 0.6 is 0 Å². The van der Waals surface area contributed by atoms with Gasteiger partial charge in [0.05, 0.1) is 5.60 Å². The van der Waals surface area contributed by atoms with Gasteiger partial charge in [-0.3, -0.25) is 0 Å².